The number of amides is 1. The maximum Gasteiger partial charge on any atom is 0.268 e. The number of benzene rings is 1. The van der Waals surface area contributed by atoms with Gasteiger partial charge in [0.2, 0.25) is 0 Å². The lowest BCUT2D eigenvalue weighted by atomic mass is 10.1. The Morgan fingerprint density at radius 2 is 2.14 bits per heavy atom. The fraction of sp³-hybridized carbons (Fsp3) is 0.133. The molecular weight excluding hydrogens is 348 g/mol. The third-order valence-electron chi connectivity index (χ3n) is 3.35. The SMILES string of the molecule is O=C(NO)C(Cc1ccccc1)n1cc2cc(Br)cnc2n1. The normalized spacial score (nSPS) is 12.3. The third-order valence-corrected chi connectivity index (χ3v) is 3.78. The van der Waals surface area contributed by atoms with Gasteiger partial charge in [-0.05, 0) is 27.6 Å². The highest BCUT2D eigenvalue weighted by Gasteiger charge is 2.22. The van der Waals surface area contributed by atoms with Crippen LogP contribution < -0.4 is 5.48 Å². The van der Waals surface area contributed by atoms with Crippen molar-refractivity contribution in [1.29, 1.82) is 0 Å². The monoisotopic (exact) mass is 360 g/mol. The Hall–Kier alpha value is -2.25. The van der Waals surface area contributed by atoms with Crippen LogP contribution in [0.2, 0.25) is 0 Å². The first-order chi connectivity index (χ1) is 10.7. The Bertz CT molecular complexity index is 804. The number of nitrogens with one attached hydrogen (secondary N) is 1. The van der Waals surface area contributed by atoms with Gasteiger partial charge in [0.1, 0.15) is 6.04 Å². The van der Waals surface area contributed by atoms with Crippen LogP contribution in [0.25, 0.3) is 11.0 Å². The Morgan fingerprint density at radius 1 is 1.36 bits per heavy atom. The minimum Gasteiger partial charge on any atom is -0.289 e. The average Bonchev–Trinajstić information content (AvgIpc) is 2.95. The van der Waals surface area contributed by atoms with Crippen LogP contribution >= 0.6 is 15.9 Å². The number of aromatic nitrogens is 3. The molecule has 2 heterocycles. The first-order valence-corrected chi connectivity index (χ1v) is 7.45. The van der Waals surface area contributed by atoms with Crippen molar-refractivity contribution < 1.29 is 10.0 Å². The zero-order chi connectivity index (χ0) is 15.5. The second-order valence-electron chi connectivity index (χ2n) is 4.86. The summed E-state index contributed by atoms with van der Waals surface area (Å²) in [5.41, 5.74) is 3.23. The molecule has 0 fully saturated rings. The average molecular weight is 361 g/mol. The van der Waals surface area contributed by atoms with E-state index in [1.807, 2.05) is 36.4 Å². The van der Waals surface area contributed by atoms with Gasteiger partial charge in [-0.1, -0.05) is 30.3 Å². The van der Waals surface area contributed by atoms with Gasteiger partial charge in [0.15, 0.2) is 5.65 Å². The predicted octanol–water partition coefficient (Wildman–Crippen LogP) is 2.48. The number of hydrogen-bond donors (Lipinski definition) is 2. The van der Waals surface area contributed by atoms with Crippen LogP contribution in [0.15, 0.2) is 53.3 Å². The number of fused-ring (bicyclic) bond motifs is 1. The van der Waals surface area contributed by atoms with E-state index in [9.17, 15) is 4.79 Å². The van der Waals surface area contributed by atoms with Gasteiger partial charge >= 0.3 is 0 Å². The van der Waals surface area contributed by atoms with Crippen molar-refractivity contribution in [1.82, 2.24) is 20.2 Å². The molecule has 2 aromatic heterocycles. The van der Waals surface area contributed by atoms with E-state index < -0.39 is 11.9 Å². The summed E-state index contributed by atoms with van der Waals surface area (Å²) in [5, 5.41) is 14.1. The van der Waals surface area contributed by atoms with Crippen LogP contribution in [0.3, 0.4) is 0 Å². The number of hydroxylamine groups is 1. The molecule has 3 rings (SSSR count). The molecule has 2 N–H and O–H groups in total. The number of carbonyl (C=O) groups excluding carboxylic acids is 1. The van der Waals surface area contributed by atoms with E-state index in [0.29, 0.717) is 12.1 Å². The summed E-state index contributed by atoms with van der Waals surface area (Å²) < 4.78 is 2.37. The quantitative estimate of drug-likeness (QED) is 0.553. The molecule has 0 bridgehead atoms. The van der Waals surface area contributed by atoms with Crippen molar-refractivity contribution in [3.05, 3.63) is 58.8 Å². The molecule has 0 aliphatic rings. The molecule has 1 atom stereocenters. The standard InChI is InChI=1S/C15H13BrN4O2/c16-12-7-11-9-20(18-14(11)17-8-12)13(15(21)19-22)6-10-4-2-1-3-5-10/h1-5,7-9,13,22H,6H2,(H,19,21). The van der Waals surface area contributed by atoms with Gasteiger partial charge in [-0.3, -0.25) is 14.7 Å². The zero-order valence-electron chi connectivity index (χ0n) is 11.5. The van der Waals surface area contributed by atoms with Gasteiger partial charge in [0.25, 0.3) is 5.91 Å². The van der Waals surface area contributed by atoms with Crippen molar-refractivity contribution in [3.63, 3.8) is 0 Å². The molecule has 3 aromatic rings. The highest BCUT2D eigenvalue weighted by molar-refractivity contribution is 9.10. The Balaban J connectivity index is 1.98. The number of hydrogen-bond acceptors (Lipinski definition) is 4. The van der Waals surface area contributed by atoms with Crippen LogP contribution in [-0.4, -0.2) is 25.9 Å². The van der Waals surface area contributed by atoms with Crippen LogP contribution in [0.4, 0.5) is 0 Å². The first kappa shape index (κ1) is 14.7. The van der Waals surface area contributed by atoms with Crippen LogP contribution in [0.1, 0.15) is 11.6 Å². The van der Waals surface area contributed by atoms with Gasteiger partial charge in [-0.15, -0.1) is 0 Å². The summed E-state index contributed by atoms with van der Waals surface area (Å²) in [6.07, 6.45) is 3.82. The molecule has 6 nitrogen and oxygen atoms in total. The Morgan fingerprint density at radius 3 is 2.86 bits per heavy atom. The van der Waals surface area contributed by atoms with Gasteiger partial charge < -0.3 is 0 Å². The Labute approximate surface area is 134 Å². The minimum atomic E-state index is -0.652. The van der Waals surface area contributed by atoms with Crippen molar-refractivity contribution in [3.8, 4) is 0 Å². The van der Waals surface area contributed by atoms with Crippen LogP contribution in [-0.2, 0) is 11.2 Å². The number of halogens is 1. The van der Waals surface area contributed by atoms with Crippen molar-refractivity contribution >= 4 is 32.9 Å². The maximum absolute atomic E-state index is 12.0. The van der Waals surface area contributed by atoms with Crippen molar-refractivity contribution in [2.75, 3.05) is 0 Å². The molecule has 1 unspecified atom stereocenters. The van der Waals surface area contributed by atoms with Gasteiger partial charge in [-0.2, -0.15) is 5.10 Å². The molecule has 0 aliphatic heterocycles. The lowest BCUT2D eigenvalue weighted by Gasteiger charge is -2.15. The number of nitrogens with zero attached hydrogens (tertiary/aromatic N) is 3. The molecule has 1 amide bonds. The maximum atomic E-state index is 12.0. The fourth-order valence-electron chi connectivity index (χ4n) is 2.28. The van der Waals surface area contributed by atoms with Crippen LogP contribution in [0.5, 0.6) is 0 Å². The molecule has 7 heteroatoms. The Kier molecular flexibility index (Phi) is 4.17. The van der Waals surface area contributed by atoms with E-state index >= 15 is 0 Å². The van der Waals surface area contributed by atoms with Gasteiger partial charge in [0, 0.05) is 28.7 Å². The van der Waals surface area contributed by atoms with Crippen molar-refractivity contribution in [2.45, 2.75) is 12.5 Å². The lowest BCUT2D eigenvalue weighted by molar-refractivity contribution is -0.132. The molecule has 1 aromatic carbocycles. The van der Waals surface area contributed by atoms with E-state index in [2.05, 4.69) is 26.0 Å². The second kappa shape index (κ2) is 6.25. The highest BCUT2D eigenvalue weighted by Crippen LogP contribution is 2.20. The lowest BCUT2D eigenvalue weighted by Crippen LogP contribution is -2.32. The minimum absolute atomic E-state index is 0.419. The summed E-state index contributed by atoms with van der Waals surface area (Å²) in [6, 6.07) is 10.8. The zero-order valence-corrected chi connectivity index (χ0v) is 13.1. The second-order valence-corrected chi connectivity index (χ2v) is 5.77. The number of pyridine rings is 1. The number of carbonyl (C=O) groups is 1. The largest absolute Gasteiger partial charge is 0.289 e. The topological polar surface area (TPSA) is 80.0 Å². The molecule has 0 spiro atoms. The molecular formula is C15H13BrN4O2. The molecule has 0 saturated carbocycles. The molecule has 0 saturated heterocycles. The molecule has 0 aliphatic carbocycles. The summed E-state index contributed by atoms with van der Waals surface area (Å²) in [7, 11) is 0. The smallest absolute Gasteiger partial charge is 0.268 e. The molecule has 112 valence electrons. The molecule has 22 heavy (non-hydrogen) atoms. The van der Waals surface area contributed by atoms with E-state index in [1.54, 1.807) is 17.9 Å². The van der Waals surface area contributed by atoms with E-state index in [4.69, 9.17) is 5.21 Å². The fourth-order valence-corrected chi connectivity index (χ4v) is 2.63. The van der Waals surface area contributed by atoms with Gasteiger partial charge in [0.05, 0.1) is 0 Å². The summed E-state index contributed by atoms with van der Waals surface area (Å²) in [4.78, 5) is 16.2. The summed E-state index contributed by atoms with van der Waals surface area (Å²) in [5.74, 6) is -0.518. The summed E-state index contributed by atoms with van der Waals surface area (Å²) in [6.45, 7) is 0. The first-order valence-electron chi connectivity index (χ1n) is 6.65. The van der Waals surface area contributed by atoms with E-state index in [-0.39, 0.29) is 0 Å². The number of rotatable bonds is 4. The molecule has 0 radical (unpaired) electrons. The summed E-state index contributed by atoms with van der Waals surface area (Å²) >= 11 is 3.36. The van der Waals surface area contributed by atoms with Gasteiger partial charge in [-0.25, -0.2) is 10.5 Å². The van der Waals surface area contributed by atoms with E-state index in [1.165, 1.54) is 4.68 Å². The highest BCUT2D eigenvalue weighted by atomic mass is 79.9. The van der Waals surface area contributed by atoms with E-state index in [0.717, 1.165) is 15.4 Å². The van der Waals surface area contributed by atoms with Crippen molar-refractivity contribution in [2.24, 2.45) is 0 Å². The third kappa shape index (κ3) is 3.00. The van der Waals surface area contributed by atoms with Crippen LogP contribution in [0, 0.1) is 0 Å². The predicted molar refractivity (Wildman–Crippen MR) is 84.3 cm³/mol.